The van der Waals surface area contributed by atoms with E-state index >= 15 is 0 Å². The third-order valence-electron chi connectivity index (χ3n) is 4.04. The van der Waals surface area contributed by atoms with Crippen LogP contribution in [0.5, 0.6) is 5.75 Å². The second-order valence-electron chi connectivity index (χ2n) is 5.59. The van der Waals surface area contributed by atoms with Crippen molar-refractivity contribution in [1.82, 2.24) is 0 Å². The van der Waals surface area contributed by atoms with Gasteiger partial charge in [0.2, 0.25) is 0 Å². The summed E-state index contributed by atoms with van der Waals surface area (Å²) < 4.78 is 5.31. The van der Waals surface area contributed by atoms with E-state index in [1.165, 1.54) is 24.3 Å². The lowest BCUT2D eigenvalue weighted by atomic mass is 9.94. The summed E-state index contributed by atoms with van der Waals surface area (Å²) in [4.78, 5) is 34.2. The Morgan fingerprint density at radius 3 is 2.52 bits per heavy atom. The van der Waals surface area contributed by atoms with Crippen LogP contribution in [0.2, 0.25) is 0 Å². The van der Waals surface area contributed by atoms with Crippen molar-refractivity contribution in [3.8, 4) is 5.75 Å². The minimum absolute atomic E-state index is 0.117. The number of allylic oxidation sites excluding steroid dienone is 2. The van der Waals surface area contributed by atoms with Crippen molar-refractivity contribution in [3.63, 3.8) is 0 Å². The first kappa shape index (κ1) is 18.4. The van der Waals surface area contributed by atoms with Gasteiger partial charge in [0.1, 0.15) is 24.4 Å². The molecule has 1 aromatic rings. The monoisotopic (exact) mass is 342 g/mol. The summed E-state index contributed by atoms with van der Waals surface area (Å²) in [6, 6.07) is 6.23. The normalized spacial score (nSPS) is 19.9. The molecule has 1 aliphatic rings. The topological polar surface area (TPSA) is 101 Å². The summed E-state index contributed by atoms with van der Waals surface area (Å²) in [6.45, 7) is 3.15. The minimum atomic E-state index is -0.788. The lowest BCUT2D eigenvalue weighted by molar-refractivity contribution is -0.141. The van der Waals surface area contributed by atoms with Crippen LogP contribution in [0, 0.1) is 5.92 Å². The number of carbonyl (C=O) groups is 3. The molecule has 1 aromatic carbocycles. The summed E-state index contributed by atoms with van der Waals surface area (Å²) in [5.41, 5.74) is 1.42. The Bertz CT molecular complexity index is 742. The van der Waals surface area contributed by atoms with E-state index in [2.05, 4.69) is 6.58 Å². The van der Waals surface area contributed by atoms with Crippen molar-refractivity contribution in [2.75, 3.05) is 6.61 Å². The molecular weight excluding hydrogens is 324 g/mol. The molecule has 0 bridgehead atoms. The van der Waals surface area contributed by atoms with Crippen molar-refractivity contribution >= 4 is 24.6 Å². The molecule has 0 aliphatic heterocycles. The number of hydrogen-bond donors (Lipinski definition) is 2. The molecule has 0 saturated heterocycles. The number of ether oxygens (including phenoxy) is 1. The number of carbonyl (C=O) groups excluding carboxylic acids is 3. The Morgan fingerprint density at radius 2 is 1.96 bits per heavy atom. The maximum Gasteiger partial charge on any atom is 0.331 e. The number of benzene rings is 1. The molecule has 0 spiro atoms. The highest BCUT2D eigenvalue weighted by Gasteiger charge is 2.36. The molecule has 25 heavy (non-hydrogen) atoms. The van der Waals surface area contributed by atoms with E-state index in [-0.39, 0.29) is 28.9 Å². The fraction of sp³-hybridized carbons (Fsp3) is 0.211. The Labute approximate surface area is 144 Å². The summed E-state index contributed by atoms with van der Waals surface area (Å²) in [5, 5.41) is 18.7. The molecule has 0 unspecified atom stereocenters. The van der Waals surface area contributed by atoms with Gasteiger partial charge >= 0.3 is 5.97 Å². The van der Waals surface area contributed by atoms with Crippen LogP contribution in [-0.2, 0) is 19.1 Å². The smallest absolute Gasteiger partial charge is 0.331 e. The highest BCUT2D eigenvalue weighted by atomic mass is 16.5. The molecule has 2 N–H and O–H groups in total. The van der Waals surface area contributed by atoms with Crippen molar-refractivity contribution in [1.29, 1.82) is 0 Å². The third kappa shape index (κ3) is 4.30. The average Bonchev–Trinajstić information content (AvgIpc) is 2.97. The predicted molar refractivity (Wildman–Crippen MR) is 90.5 cm³/mol. The fourth-order valence-electron chi connectivity index (χ4n) is 2.73. The molecule has 0 fully saturated rings. The molecule has 0 heterocycles. The number of phenols is 1. The number of aromatic hydroxyl groups is 1. The van der Waals surface area contributed by atoms with Gasteiger partial charge in [0, 0.05) is 23.1 Å². The van der Waals surface area contributed by atoms with Gasteiger partial charge in [-0.3, -0.25) is 9.59 Å². The largest absolute Gasteiger partial charge is 0.508 e. The van der Waals surface area contributed by atoms with Crippen molar-refractivity contribution in [2.24, 2.45) is 5.92 Å². The van der Waals surface area contributed by atoms with Crippen LogP contribution >= 0.6 is 0 Å². The van der Waals surface area contributed by atoms with Gasteiger partial charge in [-0.25, -0.2) is 4.79 Å². The first-order chi connectivity index (χ1) is 12.0. The van der Waals surface area contributed by atoms with Gasteiger partial charge in [-0.05, 0) is 35.8 Å². The second kappa shape index (κ2) is 8.21. The van der Waals surface area contributed by atoms with Crippen LogP contribution < -0.4 is 0 Å². The first-order valence-corrected chi connectivity index (χ1v) is 7.60. The fourth-order valence-corrected chi connectivity index (χ4v) is 2.73. The van der Waals surface area contributed by atoms with Crippen molar-refractivity contribution in [2.45, 2.75) is 12.5 Å². The molecule has 0 aromatic heterocycles. The number of aliphatic hydroxyl groups excluding tert-OH is 1. The lowest BCUT2D eigenvalue weighted by Gasteiger charge is -2.14. The van der Waals surface area contributed by atoms with Crippen LogP contribution in [0.15, 0.2) is 53.6 Å². The minimum Gasteiger partial charge on any atom is -0.508 e. The standard InChI is InChI=1S/C19H18O6/c1-12(9-20)15-8-18(17(11-22)16(15)10-21)25-19(24)7-4-13-2-5-14(23)6-3-13/h2-7,9-10,15,18,22-23H,1,8,11H2/b7-4+/t15-,18+/m1/s1. The molecule has 6 heteroatoms. The van der Waals surface area contributed by atoms with Gasteiger partial charge in [0.05, 0.1) is 6.61 Å². The summed E-state index contributed by atoms with van der Waals surface area (Å²) in [7, 11) is 0. The number of hydrogen-bond acceptors (Lipinski definition) is 6. The molecule has 0 amide bonds. The summed E-state index contributed by atoms with van der Waals surface area (Å²) in [6.07, 6.45) is 3.25. The van der Waals surface area contributed by atoms with E-state index in [1.807, 2.05) is 0 Å². The Hall–Kier alpha value is -2.99. The number of aliphatic hydroxyl groups is 1. The average molecular weight is 342 g/mol. The quantitative estimate of drug-likeness (QED) is 0.443. The molecule has 1 aliphatic carbocycles. The van der Waals surface area contributed by atoms with Crippen LogP contribution in [0.25, 0.3) is 6.08 Å². The molecule has 0 saturated carbocycles. The van der Waals surface area contributed by atoms with E-state index in [4.69, 9.17) is 4.74 Å². The van der Waals surface area contributed by atoms with Gasteiger partial charge in [0.15, 0.2) is 0 Å². The zero-order valence-corrected chi connectivity index (χ0v) is 13.4. The van der Waals surface area contributed by atoms with Crippen LogP contribution in [0.4, 0.5) is 0 Å². The van der Waals surface area contributed by atoms with Gasteiger partial charge in [-0.2, -0.15) is 0 Å². The molecular formula is C19H18O6. The molecule has 2 atom stereocenters. The third-order valence-corrected chi connectivity index (χ3v) is 4.04. The first-order valence-electron chi connectivity index (χ1n) is 7.60. The molecule has 0 radical (unpaired) electrons. The summed E-state index contributed by atoms with van der Waals surface area (Å²) >= 11 is 0. The lowest BCUT2D eigenvalue weighted by Crippen LogP contribution is -2.19. The Morgan fingerprint density at radius 1 is 1.28 bits per heavy atom. The highest BCUT2D eigenvalue weighted by molar-refractivity contribution is 5.88. The van der Waals surface area contributed by atoms with Crippen LogP contribution in [0.3, 0.4) is 0 Å². The molecule has 6 nitrogen and oxygen atoms in total. The van der Waals surface area contributed by atoms with Gasteiger partial charge in [-0.1, -0.05) is 18.7 Å². The van der Waals surface area contributed by atoms with E-state index in [0.29, 0.717) is 18.1 Å². The molecule has 2 rings (SSSR count). The van der Waals surface area contributed by atoms with Gasteiger partial charge < -0.3 is 14.9 Å². The zero-order valence-electron chi connectivity index (χ0n) is 13.4. The predicted octanol–water partition coefficient (Wildman–Crippen LogP) is 1.58. The maximum atomic E-state index is 12.0. The Balaban J connectivity index is 2.10. The summed E-state index contributed by atoms with van der Waals surface area (Å²) in [5.74, 6) is -1.09. The van der Waals surface area contributed by atoms with E-state index in [1.54, 1.807) is 12.1 Å². The van der Waals surface area contributed by atoms with Crippen LogP contribution in [0.1, 0.15) is 12.0 Å². The van der Waals surface area contributed by atoms with E-state index in [9.17, 15) is 24.6 Å². The number of rotatable bonds is 7. The van der Waals surface area contributed by atoms with Crippen molar-refractivity contribution < 1.29 is 29.3 Å². The van der Waals surface area contributed by atoms with E-state index in [0.717, 1.165) is 0 Å². The van der Waals surface area contributed by atoms with Crippen LogP contribution in [-0.4, -0.2) is 41.5 Å². The maximum absolute atomic E-state index is 12.0. The van der Waals surface area contributed by atoms with Gasteiger partial charge in [0.25, 0.3) is 0 Å². The highest BCUT2D eigenvalue weighted by Crippen LogP contribution is 2.36. The number of phenolic OH excluding ortho intramolecular Hbond substituents is 1. The van der Waals surface area contributed by atoms with E-state index < -0.39 is 24.6 Å². The second-order valence-corrected chi connectivity index (χ2v) is 5.59. The van der Waals surface area contributed by atoms with Crippen molar-refractivity contribution in [3.05, 3.63) is 59.2 Å². The number of esters is 1. The van der Waals surface area contributed by atoms with Gasteiger partial charge in [-0.15, -0.1) is 0 Å². The SMILES string of the molecule is C=C(C=O)[C@H]1C[C@H](OC(=O)/C=C/c2ccc(O)cc2)C(CO)=C1C=O. The molecule has 130 valence electrons. The zero-order chi connectivity index (χ0) is 18.4. The number of aldehydes is 2. The Kier molecular flexibility index (Phi) is 6.03.